The van der Waals surface area contributed by atoms with Crippen LogP contribution in [0.15, 0.2) is 12.3 Å². The molecule has 0 radical (unpaired) electrons. The zero-order valence-electron chi connectivity index (χ0n) is 5.07. The number of ether oxygens (including phenoxy) is 1. The Kier molecular flexibility index (Phi) is 1.53. The van der Waals surface area contributed by atoms with E-state index in [1.165, 1.54) is 12.3 Å². The fourth-order valence-electron chi connectivity index (χ4n) is 0.635. The van der Waals surface area contributed by atoms with Crippen LogP contribution in [-0.2, 0) is 9.53 Å². The highest BCUT2D eigenvalue weighted by molar-refractivity contribution is 5.94. The Morgan fingerprint density at radius 1 is 1.78 bits per heavy atom. The molecule has 9 heavy (non-hydrogen) atoms. The van der Waals surface area contributed by atoms with Gasteiger partial charge in [-0.05, 0) is 6.92 Å². The maximum atomic E-state index is 10.6. The van der Waals surface area contributed by atoms with Crippen LogP contribution in [0.5, 0.6) is 0 Å². The monoisotopic (exact) mass is 128 g/mol. The van der Waals surface area contributed by atoms with Gasteiger partial charge in [-0.2, -0.15) is 0 Å². The third kappa shape index (κ3) is 1.10. The van der Waals surface area contributed by atoms with Crippen molar-refractivity contribution in [2.24, 2.45) is 0 Å². The highest BCUT2D eigenvalue weighted by Crippen LogP contribution is 2.06. The molecule has 0 saturated heterocycles. The van der Waals surface area contributed by atoms with E-state index in [1.54, 1.807) is 6.92 Å². The lowest BCUT2D eigenvalue weighted by atomic mass is 10.1. The van der Waals surface area contributed by atoms with Gasteiger partial charge < -0.3 is 9.84 Å². The summed E-state index contributed by atoms with van der Waals surface area (Å²) in [6.45, 7) is 1.64. The van der Waals surface area contributed by atoms with Gasteiger partial charge in [-0.15, -0.1) is 0 Å². The summed E-state index contributed by atoms with van der Waals surface area (Å²) in [6.07, 6.45) is 1.15. The molecule has 0 unspecified atom stereocenters. The first kappa shape index (κ1) is 6.29. The highest BCUT2D eigenvalue weighted by Gasteiger charge is 2.23. The largest absolute Gasteiger partial charge is 0.495 e. The summed E-state index contributed by atoms with van der Waals surface area (Å²) in [4.78, 5) is 10.6. The molecular weight excluding hydrogens is 120 g/mol. The molecule has 1 N–H and O–H groups in total. The summed E-state index contributed by atoms with van der Waals surface area (Å²) in [6, 6.07) is 0. The van der Waals surface area contributed by atoms with Gasteiger partial charge in [0.25, 0.3) is 0 Å². The average Bonchev–Trinajstić information content (AvgIpc) is 1.83. The summed E-state index contributed by atoms with van der Waals surface area (Å²) >= 11 is 0. The maximum Gasteiger partial charge on any atom is 0.190 e. The Morgan fingerprint density at radius 3 is 2.89 bits per heavy atom. The van der Waals surface area contributed by atoms with Gasteiger partial charge in [-0.25, -0.2) is 0 Å². The van der Waals surface area contributed by atoms with Gasteiger partial charge in [0.15, 0.2) is 11.9 Å². The van der Waals surface area contributed by atoms with E-state index in [4.69, 9.17) is 9.84 Å². The molecule has 0 aromatic heterocycles. The summed E-state index contributed by atoms with van der Waals surface area (Å²) in [7, 11) is 0. The number of ketones is 1. The van der Waals surface area contributed by atoms with Gasteiger partial charge in [0.05, 0.1) is 6.26 Å². The molecule has 2 atom stereocenters. The quantitative estimate of drug-likeness (QED) is 0.493. The van der Waals surface area contributed by atoms with Crippen LogP contribution in [0.25, 0.3) is 0 Å². The molecule has 0 spiro atoms. The average molecular weight is 128 g/mol. The Labute approximate surface area is 52.9 Å². The number of aliphatic hydroxyl groups is 1. The topological polar surface area (TPSA) is 46.5 Å². The van der Waals surface area contributed by atoms with Crippen LogP contribution in [0.3, 0.4) is 0 Å². The van der Waals surface area contributed by atoms with Crippen LogP contribution in [0.1, 0.15) is 6.92 Å². The SMILES string of the molecule is C[C@H]1OC=CC(=O)[C@@H]1O. The lowest BCUT2D eigenvalue weighted by molar-refractivity contribution is -0.129. The van der Waals surface area contributed by atoms with Crippen molar-refractivity contribution in [1.82, 2.24) is 0 Å². The normalized spacial score (nSPS) is 34.2. The van der Waals surface area contributed by atoms with Gasteiger partial charge in [-0.3, -0.25) is 4.79 Å². The first-order valence-electron chi connectivity index (χ1n) is 2.76. The molecule has 0 aromatic carbocycles. The standard InChI is InChI=1S/C6H8O3/c1-4-6(8)5(7)2-3-9-4/h2-4,6,8H,1H3/t4-,6-/m1/s1. The molecule has 0 aromatic rings. The number of hydrogen-bond acceptors (Lipinski definition) is 3. The van der Waals surface area contributed by atoms with Gasteiger partial charge in [0.2, 0.25) is 0 Å². The summed E-state index contributed by atoms with van der Waals surface area (Å²) in [5.74, 6) is -0.284. The Bertz CT molecular complexity index is 150. The predicted molar refractivity (Wildman–Crippen MR) is 30.7 cm³/mol. The Hall–Kier alpha value is -0.830. The molecule has 0 aliphatic carbocycles. The zero-order chi connectivity index (χ0) is 6.85. The van der Waals surface area contributed by atoms with Crippen molar-refractivity contribution in [1.29, 1.82) is 0 Å². The van der Waals surface area contributed by atoms with E-state index in [0.29, 0.717) is 0 Å². The molecule has 1 rings (SSSR count). The van der Waals surface area contributed by atoms with Crippen molar-refractivity contribution in [3.05, 3.63) is 12.3 Å². The van der Waals surface area contributed by atoms with Crippen LogP contribution in [0, 0.1) is 0 Å². The highest BCUT2D eigenvalue weighted by atomic mass is 16.5. The van der Waals surface area contributed by atoms with E-state index in [9.17, 15) is 4.79 Å². The number of carbonyl (C=O) groups is 1. The van der Waals surface area contributed by atoms with E-state index >= 15 is 0 Å². The summed E-state index contributed by atoms with van der Waals surface area (Å²) in [5.41, 5.74) is 0. The van der Waals surface area contributed by atoms with E-state index < -0.39 is 12.2 Å². The number of rotatable bonds is 0. The molecule has 3 nitrogen and oxygen atoms in total. The lowest BCUT2D eigenvalue weighted by Gasteiger charge is -2.19. The summed E-state index contributed by atoms with van der Waals surface area (Å²) in [5, 5.41) is 8.92. The maximum absolute atomic E-state index is 10.6. The van der Waals surface area contributed by atoms with Crippen molar-refractivity contribution in [3.8, 4) is 0 Å². The van der Waals surface area contributed by atoms with Crippen LogP contribution in [-0.4, -0.2) is 23.1 Å². The van der Waals surface area contributed by atoms with E-state index in [1.807, 2.05) is 0 Å². The molecule has 50 valence electrons. The minimum Gasteiger partial charge on any atom is -0.495 e. The second-order valence-electron chi connectivity index (χ2n) is 1.99. The number of carbonyl (C=O) groups excluding carboxylic acids is 1. The molecule has 1 aliphatic heterocycles. The minimum atomic E-state index is -0.977. The van der Waals surface area contributed by atoms with Crippen LogP contribution in [0.4, 0.5) is 0 Å². The molecule has 0 bridgehead atoms. The smallest absolute Gasteiger partial charge is 0.190 e. The minimum absolute atomic E-state index is 0.284. The van der Waals surface area contributed by atoms with Crippen molar-refractivity contribution in [2.75, 3.05) is 0 Å². The lowest BCUT2D eigenvalue weighted by Crippen LogP contribution is -2.34. The molecule has 0 fully saturated rings. The third-order valence-corrected chi connectivity index (χ3v) is 1.26. The molecule has 0 saturated carbocycles. The predicted octanol–water partition coefficient (Wildman–Crippen LogP) is -0.151. The van der Waals surface area contributed by atoms with Crippen molar-refractivity contribution >= 4 is 5.78 Å². The van der Waals surface area contributed by atoms with Crippen LogP contribution >= 0.6 is 0 Å². The van der Waals surface area contributed by atoms with E-state index in [0.717, 1.165) is 0 Å². The molecular formula is C6H8O3. The number of aliphatic hydroxyl groups excluding tert-OH is 1. The summed E-state index contributed by atoms with van der Waals surface area (Å²) < 4.78 is 4.81. The first-order chi connectivity index (χ1) is 4.22. The second kappa shape index (κ2) is 2.19. The van der Waals surface area contributed by atoms with Crippen molar-refractivity contribution in [3.63, 3.8) is 0 Å². The molecule has 1 heterocycles. The van der Waals surface area contributed by atoms with Gasteiger partial charge in [-0.1, -0.05) is 0 Å². The van der Waals surface area contributed by atoms with Gasteiger partial charge in [0, 0.05) is 6.08 Å². The Morgan fingerprint density at radius 2 is 2.44 bits per heavy atom. The van der Waals surface area contributed by atoms with Crippen LogP contribution < -0.4 is 0 Å². The third-order valence-electron chi connectivity index (χ3n) is 1.26. The van der Waals surface area contributed by atoms with Crippen molar-refractivity contribution < 1.29 is 14.6 Å². The van der Waals surface area contributed by atoms with Gasteiger partial charge in [0.1, 0.15) is 6.10 Å². The molecule has 1 aliphatic rings. The molecule has 3 heteroatoms. The van der Waals surface area contributed by atoms with Gasteiger partial charge >= 0.3 is 0 Å². The zero-order valence-corrected chi connectivity index (χ0v) is 5.07. The first-order valence-corrected chi connectivity index (χ1v) is 2.76. The van der Waals surface area contributed by atoms with Crippen molar-refractivity contribution in [2.45, 2.75) is 19.1 Å². The fourth-order valence-corrected chi connectivity index (χ4v) is 0.635. The fraction of sp³-hybridized carbons (Fsp3) is 0.500. The Balaban J connectivity index is 2.69. The second-order valence-corrected chi connectivity index (χ2v) is 1.99. The molecule has 0 amide bonds. The van der Waals surface area contributed by atoms with E-state index in [2.05, 4.69) is 0 Å². The van der Waals surface area contributed by atoms with Crippen LogP contribution in [0.2, 0.25) is 0 Å². The van der Waals surface area contributed by atoms with E-state index in [-0.39, 0.29) is 5.78 Å². The number of hydrogen-bond donors (Lipinski definition) is 1.